The highest BCUT2D eigenvalue weighted by atomic mass is 32.2. The molecule has 1 rings (SSSR count). The smallest absolute Gasteiger partial charge is 0.229 e. The van der Waals surface area contributed by atoms with Gasteiger partial charge in [-0.2, -0.15) is 0 Å². The number of likely N-dealkylation sites (N-methyl/N-ethyl adjacent to an activating group) is 1. The number of rotatable bonds is 6. The zero-order chi connectivity index (χ0) is 12.9. The molecule has 1 aromatic carbocycles. The molecular weight excluding hydrogens is 240 g/mol. The maximum atomic E-state index is 11.0. The normalized spacial score (nSPS) is 11.5. The van der Waals surface area contributed by atoms with Crippen molar-refractivity contribution < 1.29 is 13.2 Å². The Balaban J connectivity index is 2.50. The summed E-state index contributed by atoms with van der Waals surface area (Å²) in [5, 5.41) is 0. The largest absolute Gasteiger partial charge is 0.492 e. The molecule has 0 atom stereocenters. The van der Waals surface area contributed by atoms with Crippen LogP contribution in [0.15, 0.2) is 24.3 Å². The molecule has 0 aromatic heterocycles. The van der Waals surface area contributed by atoms with Crippen molar-refractivity contribution >= 4 is 15.7 Å². The molecule has 0 radical (unpaired) electrons. The van der Waals surface area contributed by atoms with Crippen molar-refractivity contribution in [1.82, 2.24) is 4.90 Å². The molecule has 96 valence electrons. The van der Waals surface area contributed by atoms with Gasteiger partial charge in [-0.3, -0.25) is 4.72 Å². The first kappa shape index (κ1) is 13.8. The van der Waals surface area contributed by atoms with E-state index in [1.54, 1.807) is 24.3 Å². The van der Waals surface area contributed by atoms with Crippen molar-refractivity contribution in [2.24, 2.45) is 0 Å². The number of anilines is 1. The van der Waals surface area contributed by atoms with Crippen LogP contribution in [0.3, 0.4) is 0 Å². The first-order valence-electron chi connectivity index (χ1n) is 5.22. The van der Waals surface area contributed by atoms with Crippen LogP contribution in [0.2, 0.25) is 0 Å². The Kier molecular flexibility index (Phi) is 4.77. The molecule has 0 fully saturated rings. The third-order valence-corrected chi connectivity index (χ3v) is 2.57. The molecule has 0 amide bonds. The lowest BCUT2D eigenvalue weighted by molar-refractivity contribution is 0.261. The predicted molar refractivity (Wildman–Crippen MR) is 69.0 cm³/mol. The Morgan fingerprint density at radius 1 is 1.24 bits per heavy atom. The SMILES string of the molecule is CN(C)CCOc1ccc(NS(C)(=O)=O)cc1. The van der Waals surface area contributed by atoms with Gasteiger partial charge in [0.1, 0.15) is 12.4 Å². The number of nitrogens with zero attached hydrogens (tertiary/aromatic N) is 1. The van der Waals surface area contributed by atoms with Gasteiger partial charge in [-0.25, -0.2) is 8.42 Å². The molecule has 1 aromatic rings. The number of sulfonamides is 1. The number of ether oxygens (including phenoxy) is 1. The molecular formula is C11H18N2O3S. The highest BCUT2D eigenvalue weighted by molar-refractivity contribution is 7.92. The Hall–Kier alpha value is -1.27. The zero-order valence-electron chi connectivity index (χ0n) is 10.3. The maximum Gasteiger partial charge on any atom is 0.229 e. The lowest BCUT2D eigenvalue weighted by Crippen LogP contribution is -2.19. The summed E-state index contributed by atoms with van der Waals surface area (Å²) < 4.78 is 29.8. The summed E-state index contributed by atoms with van der Waals surface area (Å²) in [6, 6.07) is 6.82. The van der Waals surface area contributed by atoms with Crippen LogP contribution in [0.4, 0.5) is 5.69 Å². The summed E-state index contributed by atoms with van der Waals surface area (Å²) in [5.74, 6) is 0.728. The molecule has 0 unspecified atom stereocenters. The van der Waals surface area contributed by atoms with E-state index in [4.69, 9.17) is 4.74 Å². The van der Waals surface area contributed by atoms with E-state index in [9.17, 15) is 8.42 Å². The minimum atomic E-state index is -3.22. The fourth-order valence-electron chi connectivity index (χ4n) is 1.18. The van der Waals surface area contributed by atoms with Gasteiger partial charge < -0.3 is 9.64 Å². The third-order valence-electron chi connectivity index (χ3n) is 1.96. The van der Waals surface area contributed by atoms with E-state index < -0.39 is 10.0 Å². The lowest BCUT2D eigenvalue weighted by Gasteiger charge is -2.11. The van der Waals surface area contributed by atoms with Gasteiger partial charge >= 0.3 is 0 Å². The second-order valence-electron chi connectivity index (χ2n) is 4.05. The second kappa shape index (κ2) is 5.88. The van der Waals surface area contributed by atoms with E-state index in [0.29, 0.717) is 12.3 Å². The van der Waals surface area contributed by atoms with Crippen LogP contribution in [-0.4, -0.2) is 46.8 Å². The lowest BCUT2D eigenvalue weighted by atomic mass is 10.3. The molecule has 0 heterocycles. The van der Waals surface area contributed by atoms with E-state index in [-0.39, 0.29) is 0 Å². The van der Waals surface area contributed by atoms with Gasteiger partial charge in [0.2, 0.25) is 10.0 Å². The summed E-state index contributed by atoms with van der Waals surface area (Å²) >= 11 is 0. The molecule has 0 saturated carbocycles. The first-order chi connectivity index (χ1) is 7.87. The van der Waals surface area contributed by atoms with E-state index >= 15 is 0 Å². The van der Waals surface area contributed by atoms with Crippen LogP contribution in [0.5, 0.6) is 5.75 Å². The highest BCUT2D eigenvalue weighted by Gasteiger charge is 2.01. The molecule has 6 heteroatoms. The van der Waals surface area contributed by atoms with Crippen molar-refractivity contribution in [1.29, 1.82) is 0 Å². The minimum Gasteiger partial charge on any atom is -0.492 e. The fourth-order valence-corrected chi connectivity index (χ4v) is 1.74. The molecule has 0 bridgehead atoms. The van der Waals surface area contributed by atoms with Crippen molar-refractivity contribution in [2.45, 2.75) is 0 Å². The van der Waals surface area contributed by atoms with Gasteiger partial charge in [0.05, 0.1) is 6.26 Å². The van der Waals surface area contributed by atoms with E-state index in [1.807, 2.05) is 19.0 Å². The van der Waals surface area contributed by atoms with Gasteiger partial charge in [-0.15, -0.1) is 0 Å². The zero-order valence-corrected chi connectivity index (χ0v) is 11.1. The third kappa shape index (κ3) is 6.13. The average Bonchev–Trinajstić information content (AvgIpc) is 2.18. The molecule has 5 nitrogen and oxygen atoms in total. The quantitative estimate of drug-likeness (QED) is 0.827. The van der Waals surface area contributed by atoms with E-state index in [0.717, 1.165) is 18.6 Å². The van der Waals surface area contributed by atoms with Crippen molar-refractivity contribution in [2.75, 3.05) is 38.2 Å². The van der Waals surface area contributed by atoms with E-state index in [1.165, 1.54) is 0 Å². The first-order valence-corrected chi connectivity index (χ1v) is 7.11. The average molecular weight is 258 g/mol. The summed E-state index contributed by atoms with van der Waals surface area (Å²) in [4.78, 5) is 2.03. The van der Waals surface area contributed by atoms with E-state index in [2.05, 4.69) is 4.72 Å². The fraction of sp³-hybridized carbons (Fsp3) is 0.455. The Morgan fingerprint density at radius 3 is 2.29 bits per heavy atom. The number of nitrogens with one attached hydrogen (secondary N) is 1. The van der Waals surface area contributed by atoms with Crippen molar-refractivity contribution in [3.63, 3.8) is 0 Å². The van der Waals surface area contributed by atoms with Crippen LogP contribution in [0, 0.1) is 0 Å². The molecule has 0 spiro atoms. The van der Waals surface area contributed by atoms with Crippen LogP contribution in [-0.2, 0) is 10.0 Å². The summed E-state index contributed by atoms with van der Waals surface area (Å²) in [7, 11) is 0.734. The van der Waals surface area contributed by atoms with Crippen molar-refractivity contribution in [3.8, 4) is 5.75 Å². The number of hydrogen-bond donors (Lipinski definition) is 1. The van der Waals surface area contributed by atoms with Crippen LogP contribution >= 0.6 is 0 Å². The Morgan fingerprint density at radius 2 is 1.82 bits per heavy atom. The van der Waals surface area contributed by atoms with Gasteiger partial charge in [0, 0.05) is 12.2 Å². The summed E-state index contributed by atoms with van der Waals surface area (Å²) in [5.41, 5.74) is 0.535. The van der Waals surface area contributed by atoms with Gasteiger partial charge in [-0.1, -0.05) is 0 Å². The second-order valence-corrected chi connectivity index (χ2v) is 5.80. The maximum absolute atomic E-state index is 11.0. The van der Waals surface area contributed by atoms with Gasteiger partial charge in [0.15, 0.2) is 0 Å². The molecule has 0 aliphatic carbocycles. The predicted octanol–water partition coefficient (Wildman–Crippen LogP) is 0.998. The molecule has 0 aliphatic rings. The molecule has 1 N–H and O–H groups in total. The van der Waals surface area contributed by atoms with Gasteiger partial charge in [-0.05, 0) is 38.4 Å². The number of hydrogen-bond acceptors (Lipinski definition) is 4. The Labute approximate surface area is 102 Å². The minimum absolute atomic E-state index is 0.535. The molecule has 0 saturated heterocycles. The topological polar surface area (TPSA) is 58.6 Å². The number of benzene rings is 1. The Bertz CT molecular complexity index is 440. The monoisotopic (exact) mass is 258 g/mol. The summed E-state index contributed by atoms with van der Waals surface area (Å²) in [6.45, 7) is 1.44. The molecule has 0 aliphatic heterocycles. The highest BCUT2D eigenvalue weighted by Crippen LogP contribution is 2.16. The van der Waals surface area contributed by atoms with Crippen LogP contribution in [0.25, 0.3) is 0 Å². The standard InChI is InChI=1S/C11H18N2O3S/c1-13(2)8-9-16-11-6-4-10(5-7-11)12-17(3,14)15/h4-7,12H,8-9H2,1-3H3. The van der Waals surface area contributed by atoms with Gasteiger partial charge in [0.25, 0.3) is 0 Å². The van der Waals surface area contributed by atoms with Crippen LogP contribution in [0.1, 0.15) is 0 Å². The van der Waals surface area contributed by atoms with Crippen LogP contribution < -0.4 is 9.46 Å². The molecule has 17 heavy (non-hydrogen) atoms. The van der Waals surface area contributed by atoms with Crippen molar-refractivity contribution in [3.05, 3.63) is 24.3 Å². The summed E-state index contributed by atoms with van der Waals surface area (Å²) in [6.07, 6.45) is 1.12.